The van der Waals surface area contributed by atoms with Gasteiger partial charge in [0.15, 0.2) is 0 Å². The van der Waals surface area contributed by atoms with Gasteiger partial charge in [0.05, 0.1) is 0 Å². The van der Waals surface area contributed by atoms with Crippen molar-refractivity contribution in [1.82, 2.24) is 15.1 Å². The van der Waals surface area contributed by atoms with E-state index in [9.17, 15) is 24.0 Å². The number of imide groups is 3. The molecule has 1 aliphatic heterocycles. The van der Waals surface area contributed by atoms with Crippen LogP contribution in [0.1, 0.15) is 30.9 Å². The first kappa shape index (κ1) is 20.1. The molecular formula is C18H22N4O5. The Morgan fingerprint density at radius 1 is 1.04 bits per heavy atom. The number of anilines is 1. The van der Waals surface area contributed by atoms with Crippen molar-refractivity contribution in [3.8, 4) is 0 Å². The first-order valence-corrected chi connectivity index (χ1v) is 8.60. The molecule has 1 heterocycles. The first-order valence-electron chi connectivity index (χ1n) is 8.60. The van der Waals surface area contributed by atoms with E-state index >= 15 is 0 Å². The Hall–Kier alpha value is -3.23. The van der Waals surface area contributed by atoms with Crippen LogP contribution in [0.4, 0.5) is 15.3 Å². The lowest BCUT2D eigenvalue weighted by Crippen LogP contribution is -2.44. The summed E-state index contributed by atoms with van der Waals surface area (Å²) >= 11 is 0. The van der Waals surface area contributed by atoms with Gasteiger partial charge in [0.25, 0.3) is 0 Å². The van der Waals surface area contributed by atoms with E-state index in [0.29, 0.717) is 17.0 Å². The summed E-state index contributed by atoms with van der Waals surface area (Å²) in [5.41, 5.74) is 2.37. The van der Waals surface area contributed by atoms with Gasteiger partial charge in [-0.05, 0) is 31.9 Å². The van der Waals surface area contributed by atoms with Crippen molar-refractivity contribution in [3.63, 3.8) is 0 Å². The predicted octanol–water partition coefficient (Wildman–Crippen LogP) is 1.54. The molecule has 0 atom stereocenters. The number of hydrogen-bond donors (Lipinski definition) is 2. The van der Waals surface area contributed by atoms with Gasteiger partial charge in [0.1, 0.15) is 6.54 Å². The molecule has 1 saturated heterocycles. The molecule has 0 spiro atoms. The molecule has 7 amide bonds. The summed E-state index contributed by atoms with van der Waals surface area (Å²) in [5.74, 6) is -2.90. The Balaban J connectivity index is 1.94. The van der Waals surface area contributed by atoms with Gasteiger partial charge in [0, 0.05) is 12.2 Å². The van der Waals surface area contributed by atoms with Gasteiger partial charge in [-0.25, -0.2) is 14.5 Å². The van der Waals surface area contributed by atoms with Gasteiger partial charge in [-0.3, -0.25) is 24.6 Å². The van der Waals surface area contributed by atoms with E-state index in [1.165, 1.54) is 0 Å². The second-order valence-electron chi connectivity index (χ2n) is 6.30. The molecule has 1 aliphatic rings. The van der Waals surface area contributed by atoms with Crippen LogP contribution in [-0.4, -0.2) is 52.7 Å². The minimum absolute atomic E-state index is 0.116. The van der Waals surface area contributed by atoms with Crippen LogP contribution >= 0.6 is 0 Å². The van der Waals surface area contributed by atoms with E-state index in [2.05, 4.69) is 5.32 Å². The van der Waals surface area contributed by atoms with Gasteiger partial charge in [-0.1, -0.05) is 31.0 Å². The standard InChI is InChI=1S/C18H22N4O5/c1-4-5-8-21-15(24)16(25)22(18(21)27)10-14(23)20-17(26)19-13-7-6-11(2)9-12(13)3/h6-7,9H,4-5,8,10H2,1-3H3,(H2,19,20,23,26). The fourth-order valence-electron chi connectivity index (χ4n) is 2.62. The maximum Gasteiger partial charge on any atom is 0.334 e. The number of urea groups is 2. The van der Waals surface area contributed by atoms with Crippen LogP contribution in [-0.2, 0) is 14.4 Å². The van der Waals surface area contributed by atoms with Crippen LogP contribution < -0.4 is 10.6 Å². The highest BCUT2D eigenvalue weighted by atomic mass is 16.2. The number of amides is 7. The minimum atomic E-state index is -1.07. The van der Waals surface area contributed by atoms with Crippen LogP contribution in [0.2, 0.25) is 0 Å². The zero-order valence-electron chi connectivity index (χ0n) is 15.5. The summed E-state index contributed by atoms with van der Waals surface area (Å²) in [7, 11) is 0. The number of rotatable bonds is 6. The second kappa shape index (κ2) is 8.43. The normalized spacial score (nSPS) is 14.0. The Morgan fingerprint density at radius 3 is 2.33 bits per heavy atom. The molecule has 1 aromatic carbocycles. The molecule has 0 aromatic heterocycles. The number of aryl methyl sites for hydroxylation is 2. The number of carbonyl (C=O) groups is 5. The molecule has 0 saturated carbocycles. The lowest BCUT2D eigenvalue weighted by molar-refractivity contribution is -0.143. The highest BCUT2D eigenvalue weighted by Gasteiger charge is 2.44. The average molecular weight is 374 g/mol. The summed E-state index contributed by atoms with van der Waals surface area (Å²) in [6.07, 6.45) is 1.30. The predicted molar refractivity (Wildman–Crippen MR) is 96.8 cm³/mol. The average Bonchev–Trinajstić information content (AvgIpc) is 2.79. The maximum atomic E-state index is 12.2. The lowest BCUT2D eigenvalue weighted by atomic mass is 10.1. The number of nitrogens with zero attached hydrogens (tertiary/aromatic N) is 2. The number of hydrogen-bond acceptors (Lipinski definition) is 5. The Kier molecular flexibility index (Phi) is 6.27. The minimum Gasteiger partial charge on any atom is -0.307 e. The Morgan fingerprint density at radius 2 is 1.70 bits per heavy atom. The molecular weight excluding hydrogens is 352 g/mol. The van der Waals surface area contributed by atoms with Gasteiger partial charge >= 0.3 is 23.9 Å². The van der Waals surface area contributed by atoms with Gasteiger partial charge in [-0.15, -0.1) is 0 Å². The van der Waals surface area contributed by atoms with Crippen LogP contribution in [0.25, 0.3) is 0 Å². The molecule has 9 nitrogen and oxygen atoms in total. The number of benzene rings is 1. The molecule has 27 heavy (non-hydrogen) atoms. The fraction of sp³-hybridized carbons (Fsp3) is 0.389. The Bertz CT molecular complexity index is 805. The SMILES string of the molecule is CCCCN1C(=O)C(=O)N(CC(=O)NC(=O)Nc2ccc(C)cc2C)C1=O. The van der Waals surface area contributed by atoms with Crippen LogP contribution in [0, 0.1) is 13.8 Å². The van der Waals surface area contributed by atoms with E-state index < -0.39 is 36.3 Å². The Labute approximate surface area is 156 Å². The summed E-state index contributed by atoms with van der Waals surface area (Å²) in [6, 6.07) is 3.74. The topological polar surface area (TPSA) is 116 Å². The van der Waals surface area contributed by atoms with Gasteiger partial charge < -0.3 is 5.32 Å². The van der Waals surface area contributed by atoms with Crippen molar-refractivity contribution in [1.29, 1.82) is 0 Å². The van der Waals surface area contributed by atoms with Crippen molar-refractivity contribution in [2.75, 3.05) is 18.4 Å². The molecule has 0 unspecified atom stereocenters. The third kappa shape index (κ3) is 4.69. The zero-order valence-corrected chi connectivity index (χ0v) is 15.5. The van der Waals surface area contributed by atoms with Gasteiger partial charge in [-0.2, -0.15) is 0 Å². The fourth-order valence-corrected chi connectivity index (χ4v) is 2.62. The molecule has 1 aromatic rings. The van der Waals surface area contributed by atoms with E-state index in [1.807, 2.05) is 38.2 Å². The number of nitrogens with one attached hydrogen (secondary N) is 2. The number of unbranched alkanes of at least 4 members (excludes halogenated alkanes) is 1. The maximum absolute atomic E-state index is 12.2. The molecule has 0 bridgehead atoms. The lowest BCUT2D eigenvalue weighted by Gasteiger charge is -2.15. The third-order valence-corrected chi connectivity index (χ3v) is 4.06. The largest absolute Gasteiger partial charge is 0.334 e. The molecule has 2 rings (SSSR count). The van der Waals surface area contributed by atoms with Crippen molar-refractivity contribution in [2.24, 2.45) is 0 Å². The van der Waals surface area contributed by atoms with Gasteiger partial charge in [0.2, 0.25) is 5.91 Å². The molecule has 9 heteroatoms. The monoisotopic (exact) mass is 374 g/mol. The van der Waals surface area contributed by atoms with Crippen molar-refractivity contribution in [2.45, 2.75) is 33.6 Å². The smallest absolute Gasteiger partial charge is 0.307 e. The summed E-state index contributed by atoms with van der Waals surface area (Å²) in [4.78, 5) is 61.2. The molecule has 0 aliphatic carbocycles. The van der Waals surface area contributed by atoms with E-state index in [0.717, 1.165) is 22.4 Å². The third-order valence-electron chi connectivity index (χ3n) is 4.06. The highest BCUT2D eigenvalue weighted by molar-refractivity contribution is 6.45. The van der Waals surface area contributed by atoms with E-state index in [4.69, 9.17) is 0 Å². The molecule has 0 radical (unpaired) electrons. The summed E-state index contributed by atoms with van der Waals surface area (Å²) < 4.78 is 0. The quantitative estimate of drug-likeness (QED) is 0.579. The van der Waals surface area contributed by atoms with Crippen LogP contribution in [0.15, 0.2) is 18.2 Å². The highest BCUT2D eigenvalue weighted by Crippen LogP contribution is 2.16. The molecule has 1 fully saturated rings. The van der Waals surface area contributed by atoms with Crippen molar-refractivity contribution >= 4 is 35.5 Å². The summed E-state index contributed by atoms with van der Waals surface area (Å²) in [6.45, 7) is 5.02. The van der Waals surface area contributed by atoms with Crippen molar-refractivity contribution in [3.05, 3.63) is 29.3 Å². The van der Waals surface area contributed by atoms with Crippen molar-refractivity contribution < 1.29 is 24.0 Å². The molecule has 144 valence electrons. The van der Waals surface area contributed by atoms with Crippen LogP contribution in [0.5, 0.6) is 0 Å². The second-order valence-corrected chi connectivity index (χ2v) is 6.30. The molecule has 2 N–H and O–H groups in total. The van der Waals surface area contributed by atoms with E-state index in [1.54, 1.807) is 6.07 Å². The van der Waals surface area contributed by atoms with Crippen LogP contribution in [0.3, 0.4) is 0 Å². The first-order chi connectivity index (χ1) is 12.7. The summed E-state index contributed by atoms with van der Waals surface area (Å²) in [5, 5.41) is 4.57. The number of carbonyl (C=O) groups excluding carboxylic acids is 5. The van der Waals surface area contributed by atoms with E-state index in [-0.39, 0.29) is 6.54 Å². The zero-order chi connectivity index (χ0) is 20.1.